The molecule has 1 amide bonds. The third kappa shape index (κ3) is 4.72. The number of amides is 1. The molecule has 0 bridgehead atoms. The van der Waals surface area contributed by atoms with E-state index in [1.807, 2.05) is 43.3 Å². The molecule has 1 N–H and O–H groups in total. The number of Topliss-reactive ketones (excluding diaryl/α,β-unsaturated/α-hetero) is 1. The molecule has 0 saturated heterocycles. The van der Waals surface area contributed by atoms with Crippen LogP contribution in [0.15, 0.2) is 72.0 Å². The van der Waals surface area contributed by atoms with Crippen molar-refractivity contribution in [3.63, 3.8) is 0 Å². The van der Waals surface area contributed by atoms with Gasteiger partial charge in [-0.2, -0.15) is 10.4 Å². The molecule has 0 saturated carbocycles. The highest BCUT2D eigenvalue weighted by atomic mass is 16.5. The van der Waals surface area contributed by atoms with Gasteiger partial charge in [-0.25, -0.2) is 4.98 Å². The number of aryl methyl sites for hydroxylation is 1. The standard InChI is InChI=1S/C25H21N5O3/c1-16-13-20(33-25-18(15-26)7-6-12-27-25)10-11-21(16)28-24(32)22-14-23(17(2)31)30(29-22)19-8-4-3-5-9-19/h3-13,23H,14H2,1-2H3,(H,28,32). The van der Waals surface area contributed by atoms with Gasteiger partial charge in [-0.1, -0.05) is 18.2 Å². The Labute approximate surface area is 191 Å². The molecule has 2 aromatic carbocycles. The zero-order valence-corrected chi connectivity index (χ0v) is 18.1. The Morgan fingerprint density at radius 1 is 1.15 bits per heavy atom. The van der Waals surface area contributed by atoms with Crippen molar-refractivity contribution >= 4 is 28.8 Å². The van der Waals surface area contributed by atoms with Crippen molar-refractivity contribution in [1.29, 1.82) is 5.26 Å². The maximum Gasteiger partial charge on any atom is 0.271 e. The Kier molecular flexibility index (Phi) is 6.13. The van der Waals surface area contributed by atoms with E-state index in [9.17, 15) is 14.9 Å². The van der Waals surface area contributed by atoms with Crippen LogP contribution in [0.4, 0.5) is 11.4 Å². The monoisotopic (exact) mass is 439 g/mol. The molecule has 33 heavy (non-hydrogen) atoms. The van der Waals surface area contributed by atoms with Crippen molar-refractivity contribution in [2.24, 2.45) is 5.10 Å². The van der Waals surface area contributed by atoms with Crippen LogP contribution in [0.5, 0.6) is 11.6 Å². The van der Waals surface area contributed by atoms with E-state index in [4.69, 9.17) is 4.74 Å². The first-order valence-corrected chi connectivity index (χ1v) is 10.3. The van der Waals surface area contributed by atoms with Crippen molar-refractivity contribution in [3.05, 3.63) is 78.0 Å². The quantitative estimate of drug-likeness (QED) is 0.616. The fourth-order valence-electron chi connectivity index (χ4n) is 3.49. The molecule has 164 valence electrons. The summed E-state index contributed by atoms with van der Waals surface area (Å²) in [6, 6.07) is 19.3. The van der Waals surface area contributed by atoms with E-state index in [1.54, 1.807) is 41.5 Å². The molecule has 1 unspecified atom stereocenters. The highest BCUT2D eigenvalue weighted by Gasteiger charge is 2.34. The summed E-state index contributed by atoms with van der Waals surface area (Å²) in [6.45, 7) is 3.33. The number of ether oxygens (including phenoxy) is 1. The predicted molar refractivity (Wildman–Crippen MR) is 124 cm³/mol. The molecule has 0 spiro atoms. The fourth-order valence-corrected chi connectivity index (χ4v) is 3.49. The predicted octanol–water partition coefficient (Wildman–Crippen LogP) is 4.22. The Morgan fingerprint density at radius 3 is 2.64 bits per heavy atom. The second kappa shape index (κ2) is 9.32. The summed E-state index contributed by atoms with van der Waals surface area (Å²) in [7, 11) is 0. The van der Waals surface area contributed by atoms with E-state index in [0.717, 1.165) is 11.3 Å². The minimum atomic E-state index is -0.516. The van der Waals surface area contributed by atoms with E-state index in [0.29, 0.717) is 17.0 Å². The largest absolute Gasteiger partial charge is 0.438 e. The van der Waals surface area contributed by atoms with Gasteiger partial charge in [0.1, 0.15) is 29.1 Å². The smallest absolute Gasteiger partial charge is 0.271 e. The lowest BCUT2D eigenvalue weighted by Crippen LogP contribution is -2.33. The van der Waals surface area contributed by atoms with Crippen LogP contribution in [0.1, 0.15) is 24.5 Å². The summed E-state index contributed by atoms with van der Waals surface area (Å²) in [5.74, 6) is 0.279. The lowest BCUT2D eigenvalue weighted by atomic mass is 10.1. The number of hydrogen-bond donors (Lipinski definition) is 1. The average Bonchev–Trinajstić information content (AvgIpc) is 3.28. The zero-order chi connectivity index (χ0) is 23.4. The van der Waals surface area contributed by atoms with E-state index in [1.165, 1.54) is 6.92 Å². The number of ketones is 1. The molecule has 8 heteroatoms. The van der Waals surface area contributed by atoms with Crippen LogP contribution in [-0.2, 0) is 9.59 Å². The number of hydrogen-bond acceptors (Lipinski definition) is 7. The van der Waals surface area contributed by atoms with Crippen molar-refractivity contribution in [2.45, 2.75) is 26.3 Å². The van der Waals surface area contributed by atoms with Crippen LogP contribution in [0.2, 0.25) is 0 Å². The van der Waals surface area contributed by atoms with Crippen molar-refractivity contribution in [1.82, 2.24) is 4.98 Å². The molecule has 0 radical (unpaired) electrons. The van der Waals surface area contributed by atoms with Crippen LogP contribution in [0, 0.1) is 18.3 Å². The van der Waals surface area contributed by atoms with Gasteiger partial charge >= 0.3 is 0 Å². The number of benzene rings is 2. The number of rotatable bonds is 6. The van der Waals surface area contributed by atoms with Crippen LogP contribution in [0.25, 0.3) is 0 Å². The van der Waals surface area contributed by atoms with Crippen molar-refractivity contribution in [3.8, 4) is 17.7 Å². The Bertz CT molecular complexity index is 1280. The van der Waals surface area contributed by atoms with Crippen molar-refractivity contribution in [2.75, 3.05) is 10.3 Å². The second-order valence-corrected chi connectivity index (χ2v) is 7.56. The first-order chi connectivity index (χ1) is 16.0. The van der Waals surface area contributed by atoms with Crippen LogP contribution < -0.4 is 15.1 Å². The topological polar surface area (TPSA) is 108 Å². The van der Waals surface area contributed by atoms with Gasteiger partial charge in [0.05, 0.1) is 5.69 Å². The first kappa shape index (κ1) is 21.7. The molecule has 3 aromatic rings. The van der Waals surface area contributed by atoms with E-state index < -0.39 is 6.04 Å². The Hall–Kier alpha value is -4.51. The van der Waals surface area contributed by atoms with Crippen LogP contribution in [0.3, 0.4) is 0 Å². The van der Waals surface area contributed by atoms with Gasteiger partial charge in [0.15, 0.2) is 5.78 Å². The lowest BCUT2D eigenvalue weighted by molar-refractivity contribution is -0.118. The minimum absolute atomic E-state index is 0.0608. The maximum absolute atomic E-state index is 12.9. The molecule has 1 aliphatic rings. The molecule has 2 heterocycles. The molecule has 8 nitrogen and oxygen atoms in total. The number of carbonyl (C=O) groups excluding carboxylic acids is 2. The normalized spacial score (nSPS) is 14.9. The molecule has 0 aliphatic carbocycles. The van der Waals surface area contributed by atoms with Crippen molar-refractivity contribution < 1.29 is 14.3 Å². The average molecular weight is 439 g/mol. The first-order valence-electron chi connectivity index (χ1n) is 10.3. The molecule has 1 aliphatic heterocycles. The summed E-state index contributed by atoms with van der Waals surface area (Å²) in [5, 5.41) is 18.1. The number of nitrogens with zero attached hydrogens (tertiary/aromatic N) is 4. The molecule has 4 rings (SSSR count). The van der Waals surface area contributed by atoms with E-state index >= 15 is 0 Å². The minimum Gasteiger partial charge on any atom is -0.438 e. The summed E-state index contributed by atoms with van der Waals surface area (Å²) >= 11 is 0. The lowest BCUT2D eigenvalue weighted by Gasteiger charge is -2.20. The van der Waals surface area contributed by atoms with E-state index in [-0.39, 0.29) is 29.7 Å². The number of anilines is 2. The van der Waals surface area contributed by atoms with Gasteiger partial charge in [0.25, 0.3) is 5.91 Å². The van der Waals surface area contributed by atoms with Crippen LogP contribution >= 0.6 is 0 Å². The summed E-state index contributed by atoms with van der Waals surface area (Å²) in [5.41, 5.74) is 2.72. The number of para-hydroxylation sites is 1. The SMILES string of the molecule is CC(=O)C1CC(C(=O)Nc2ccc(Oc3ncccc3C#N)cc2C)=NN1c1ccccc1. The number of hydrazone groups is 1. The fraction of sp³-hybridized carbons (Fsp3) is 0.160. The van der Waals surface area contributed by atoms with Gasteiger partial charge in [-0.15, -0.1) is 0 Å². The van der Waals surface area contributed by atoms with Gasteiger partial charge < -0.3 is 10.1 Å². The molecular formula is C25H21N5O3. The highest BCUT2D eigenvalue weighted by Crippen LogP contribution is 2.28. The number of pyridine rings is 1. The molecule has 1 atom stereocenters. The van der Waals surface area contributed by atoms with Crippen LogP contribution in [-0.4, -0.2) is 28.4 Å². The van der Waals surface area contributed by atoms with Gasteiger partial charge in [0, 0.05) is 18.3 Å². The number of nitrogens with one attached hydrogen (secondary N) is 1. The van der Waals surface area contributed by atoms with E-state index in [2.05, 4.69) is 15.4 Å². The van der Waals surface area contributed by atoms with Gasteiger partial charge in [-0.3, -0.25) is 14.6 Å². The van der Waals surface area contributed by atoms with Gasteiger partial charge in [-0.05, 0) is 61.9 Å². The number of carbonyl (C=O) groups is 2. The molecule has 1 aromatic heterocycles. The molecule has 0 fully saturated rings. The summed E-state index contributed by atoms with van der Waals surface area (Å²) in [6.07, 6.45) is 1.78. The summed E-state index contributed by atoms with van der Waals surface area (Å²) in [4.78, 5) is 29.2. The second-order valence-electron chi connectivity index (χ2n) is 7.56. The third-order valence-corrected chi connectivity index (χ3v) is 5.21. The third-order valence-electron chi connectivity index (χ3n) is 5.21. The maximum atomic E-state index is 12.9. The zero-order valence-electron chi connectivity index (χ0n) is 18.1. The number of nitriles is 1. The number of aromatic nitrogens is 1. The highest BCUT2D eigenvalue weighted by molar-refractivity contribution is 6.44. The Morgan fingerprint density at radius 2 is 1.94 bits per heavy atom. The summed E-state index contributed by atoms with van der Waals surface area (Å²) < 4.78 is 5.73. The Balaban J connectivity index is 1.50. The van der Waals surface area contributed by atoms with Gasteiger partial charge in [0.2, 0.25) is 5.88 Å². The molecular weight excluding hydrogens is 418 g/mol.